The molecule has 2 nitrogen and oxygen atoms in total. The molecule has 74 valence electrons. The molecule has 0 spiro atoms. The largest absolute Gasteiger partial charge is 0.492 e. The second kappa shape index (κ2) is 3.12. The van der Waals surface area contributed by atoms with E-state index in [0.29, 0.717) is 13.0 Å². The summed E-state index contributed by atoms with van der Waals surface area (Å²) < 4.78 is 5.61. The van der Waals surface area contributed by atoms with E-state index < -0.39 is 0 Å². The molecule has 2 heteroatoms. The van der Waals surface area contributed by atoms with E-state index in [4.69, 9.17) is 4.74 Å². The molecule has 0 amide bonds. The number of Topliss-reactive ketones (excluding diaryl/α,β-unsaturated/α-hetero) is 1. The minimum Gasteiger partial charge on any atom is -0.492 e. The van der Waals surface area contributed by atoms with Crippen molar-refractivity contribution in [3.63, 3.8) is 0 Å². The monoisotopic (exact) mass is 190 g/mol. The van der Waals surface area contributed by atoms with E-state index in [1.165, 1.54) is 0 Å². The first-order chi connectivity index (χ1) is 6.58. The molecule has 0 aliphatic carbocycles. The van der Waals surface area contributed by atoms with Gasteiger partial charge in [0.05, 0.1) is 12.2 Å². The van der Waals surface area contributed by atoms with Gasteiger partial charge in [0.25, 0.3) is 0 Å². The van der Waals surface area contributed by atoms with Gasteiger partial charge in [-0.25, -0.2) is 0 Å². The van der Waals surface area contributed by atoms with Crippen LogP contribution in [-0.4, -0.2) is 12.4 Å². The Bertz CT molecular complexity index is 366. The van der Waals surface area contributed by atoms with Crippen LogP contribution >= 0.6 is 0 Å². The van der Waals surface area contributed by atoms with Crippen LogP contribution in [-0.2, 0) is 0 Å². The quantitative estimate of drug-likeness (QED) is 0.628. The summed E-state index contributed by atoms with van der Waals surface area (Å²) in [6.07, 6.45) is 0.560. The summed E-state index contributed by atoms with van der Waals surface area (Å²) in [5, 5.41) is 0. The Morgan fingerprint density at radius 1 is 1.29 bits per heavy atom. The van der Waals surface area contributed by atoms with Crippen molar-refractivity contribution in [2.75, 3.05) is 6.61 Å². The summed E-state index contributed by atoms with van der Waals surface area (Å²) in [6, 6.07) is 7.45. The van der Waals surface area contributed by atoms with Gasteiger partial charge in [-0.15, -0.1) is 0 Å². The third kappa shape index (κ3) is 1.65. The Morgan fingerprint density at radius 2 is 2.00 bits per heavy atom. The lowest BCUT2D eigenvalue weighted by atomic mass is 9.87. The minimum absolute atomic E-state index is 0.0594. The minimum atomic E-state index is -0.0594. The van der Waals surface area contributed by atoms with Crippen LogP contribution in [0.3, 0.4) is 0 Å². The van der Waals surface area contributed by atoms with Gasteiger partial charge >= 0.3 is 0 Å². The lowest BCUT2D eigenvalue weighted by molar-refractivity contribution is 0.0918. The molecule has 0 atom stereocenters. The van der Waals surface area contributed by atoms with E-state index in [-0.39, 0.29) is 11.2 Å². The highest BCUT2D eigenvalue weighted by Crippen LogP contribution is 2.31. The number of hydrogen-bond donors (Lipinski definition) is 0. The van der Waals surface area contributed by atoms with E-state index >= 15 is 0 Å². The first-order valence-electron chi connectivity index (χ1n) is 4.83. The molecule has 1 heterocycles. The maximum atomic E-state index is 11.8. The van der Waals surface area contributed by atoms with E-state index in [1.54, 1.807) is 0 Å². The second-order valence-corrected chi connectivity index (χ2v) is 4.55. The molecule has 14 heavy (non-hydrogen) atoms. The lowest BCUT2D eigenvalue weighted by Gasteiger charge is -2.19. The van der Waals surface area contributed by atoms with Crippen molar-refractivity contribution in [1.29, 1.82) is 0 Å². The molecule has 1 aromatic rings. The lowest BCUT2D eigenvalue weighted by Crippen LogP contribution is -2.21. The van der Waals surface area contributed by atoms with Crippen LogP contribution in [0.1, 0.15) is 30.6 Å². The highest BCUT2D eigenvalue weighted by Gasteiger charge is 2.28. The Morgan fingerprint density at radius 3 is 2.79 bits per heavy atom. The standard InChI is InChI=1S/C12H14O2/c1-12(2)7-10(13)9-5-3-4-6-11(9)14-8-12/h3-6H,7-8H2,1-2H3. The van der Waals surface area contributed by atoms with Gasteiger partial charge in [-0.05, 0) is 12.1 Å². The zero-order chi connectivity index (χ0) is 10.2. The molecule has 0 saturated carbocycles. The Kier molecular flexibility index (Phi) is 2.06. The molecule has 1 aliphatic rings. The number of hydrogen-bond acceptors (Lipinski definition) is 2. The van der Waals surface area contributed by atoms with Gasteiger partial charge < -0.3 is 4.74 Å². The molecule has 2 rings (SSSR count). The molecule has 0 fully saturated rings. The molecule has 1 aliphatic heterocycles. The van der Waals surface area contributed by atoms with Crippen molar-refractivity contribution < 1.29 is 9.53 Å². The predicted octanol–water partition coefficient (Wildman–Crippen LogP) is 2.68. The number of ketones is 1. The van der Waals surface area contributed by atoms with E-state index in [0.717, 1.165) is 11.3 Å². The summed E-state index contributed by atoms with van der Waals surface area (Å²) in [5.41, 5.74) is 0.661. The van der Waals surface area contributed by atoms with Gasteiger partial charge in [-0.2, -0.15) is 0 Å². The summed E-state index contributed by atoms with van der Waals surface area (Å²) in [7, 11) is 0. The van der Waals surface area contributed by atoms with E-state index in [9.17, 15) is 4.79 Å². The Balaban J connectivity index is 2.41. The molecule has 1 aromatic carbocycles. The SMILES string of the molecule is CC1(C)COc2ccccc2C(=O)C1. The van der Waals surface area contributed by atoms with Crippen molar-refractivity contribution in [2.45, 2.75) is 20.3 Å². The smallest absolute Gasteiger partial charge is 0.167 e. The first kappa shape index (κ1) is 9.25. The van der Waals surface area contributed by atoms with Gasteiger partial charge in [0.2, 0.25) is 0 Å². The molecular formula is C12H14O2. The van der Waals surface area contributed by atoms with Crippen molar-refractivity contribution in [3.05, 3.63) is 29.8 Å². The number of fused-ring (bicyclic) bond motifs is 1. The van der Waals surface area contributed by atoms with Crippen molar-refractivity contribution in [3.8, 4) is 5.75 Å². The van der Waals surface area contributed by atoms with Crippen molar-refractivity contribution in [2.24, 2.45) is 5.41 Å². The second-order valence-electron chi connectivity index (χ2n) is 4.55. The van der Waals surface area contributed by atoms with Gasteiger partial charge in [0.15, 0.2) is 5.78 Å². The highest BCUT2D eigenvalue weighted by atomic mass is 16.5. The van der Waals surface area contributed by atoms with Crippen LogP contribution < -0.4 is 4.74 Å². The average molecular weight is 190 g/mol. The Labute approximate surface area is 83.9 Å². The number of carbonyl (C=O) groups excluding carboxylic acids is 1. The number of rotatable bonds is 0. The fourth-order valence-corrected chi connectivity index (χ4v) is 1.68. The summed E-state index contributed by atoms with van der Waals surface area (Å²) in [5.74, 6) is 0.908. The summed E-state index contributed by atoms with van der Waals surface area (Å²) >= 11 is 0. The van der Waals surface area contributed by atoms with Crippen LogP contribution in [0.5, 0.6) is 5.75 Å². The van der Waals surface area contributed by atoms with Crippen LogP contribution in [0.15, 0.2) is 24.3 Å². The zero-order valence-corrected chi connectivity index (χ0v) is 8.54. The zero-order valence-electron chi connectivity index (χ0n) is 8.54. The molecule has 0 saturated heterocycles. The fraction of sp³-hybridized carbons (Fsp3) is 0.417. The molecule has 0 aromatic heterocycles. The fourth-order valence-electron chi connectivity index (χ4n) is 1.68. The maximum absolute atomic E-state index is 11.8. The van der Waals surface area contributed by atoms with Gasteiger partial charge in [0, 0.05) is 11.8 Å². The van der Waals surface area contributed by atoms with Crippen LogP contribution in [0.4, 0.5) is 0 Å². The Hall–Kier alpha value is -1.31. The summed E-state index contributed by atoms with van der Waals surface area (Å²) in [6.45, 7) is 4.71. The number of ether oxygens (including phenoxy) is 1. The van der Waals surface area contributed by atoms with Gasteiger partial charge in [-0.1, -0.05) is 26.0 Å². The van der Waals surface area contributed by atoms with Crippen LogP contribution in [0.2, 0.25) is 0 Å². The predicted molar refractivity (Wildman–Crippen MR) is 54.7 cm³/mol. The van der Waals surface area contributed by atoms with E-state index in [2.05, 4.69) is 13.8 Å². The molecule has 0 unspecified atom stereocenters. The van der Waals surface area contributed by atoms with Gasteiger partial charge in [-0.3, -0.25) is 4.79 Å². The van der Waals surface area contributed by atoms with Crippen molar-refractivity contribution >= 4 is 5.78 Å². The molecule has 0 N–H and O–H groups in total. The molecule has 0 radical (unpaired) electrons. The maximum Gasteiger partial charge on any atom is 0.167 e. The average Bonchev–Trinajstić information content (AvgIpc) is 2.24. The normalized spacial score (nSPS) is 19.4. The van der Waals surface area contributed by atoms with Crippen LogP contribution in [0.25, 0.3) is 0 Å². The van der Waals surface area contributed by atoms with Gasteiger partial charge in [0.1, 0.15) is 5.75 Å². The van der Waals surface area contributed by atoms with Crippen molar-refractivity contribution in [1.82, 2.24) is 0 Å². The third-order valence-electron chi connectivity index (χ3n) is 2.44. The topological polar surface area (TPSA) is 26.3 Å². The number of benzene rings is 1. The summed E-state index contributed by atoms with van der Waals surface area (Å²) in [4.78, 5) is 11.8. The van der Waals surface area contributed by atoms with Crippen LogP contribution in [0, 0.1) is 5.41 Å². The number of para-hydroxylation sites is 1. The number of carbonyl (C=O) groups is 1. The third-order valence-corrected chi connectivity index (χ3v) is 2.44. The molecule has 0 bridgehead atoms. The van der Waals surface area contributed by atoms with E-state index in [1.807, 2.05) is 24.3 Å². The highest BCUT2D eigenvalue weighted by molar-refractivity contribution is 5.99. The molecular weight excluding hydrogens is 176 g/mol. The first-order valence-corrected chi connectivity index (χ1v) is 4.83.